The van der Waals surface area contributed by atoms with Crippen molar-refractivity contribution < 1.29 is 4.79 Å². The van der Waals surface area contributed by atoms with E-state index in [-0.39, 0.29) is 11.8 Å². The standard InChI is InChI=1S/C22H34N4OS/c1-3-23-22(26-19-11-12-20(14-19)28-2)24-15-16-7-6-10-18(13-16)25-21(27)17-8-4-5-9-17/h6-7,10,13,17,19-20H,3-5,8-9,11-12,14-15H2,1-2H3,(H,25,27)(H2,23,24,26). The van der Waals surface area contributed by atoms with Gasteiger partial charge in [0, 0.05) is 29.4 Å². The Kier molecular flexibility index (Phi) is 8.07. The Morgan fingerprint density at radius 3 is 2.75 bits per heavy atom. The molecule has 0 heterocycles. The number of hydrogen-bond acceptors (Lipinski definition) is 3. The maximum Gasteiger partial charge on any atom is 0.227 e. The summed E-state index contributed by atoms with van der Waals surface area (Å²) in [4.78, 5) is 17.1. The monoisotopic (exact) mass is 402 g/mol. The van der Waals surface area contributed by atoms with E-state index in [0.717, 1.165) is 41.8 Å². The number of carbonyl (C=O) groups is 1. The number of carbonyl (C=O) groups excluding carboxylic acids is 1. The van der Waals surface area contributed by atoms with Crippen molar-refractivity contribution in [3.05, 3.63) is 29.8 Å². The van der Waals surface area contributed by atoms with Crippen molar-refractivity contribution in [3.8, 4) is 0 Å². The van der Waals surface area contributed by atoms with Gasteiger partial charge in [-0.1, -0.05) is 25.0 Å². The van der Waals surface area contributed by atoms with E-state index < -0.39 is 0 Å². The maximum absolute atomic E-state index is 12.4. The molecular formula is C22H34N4OS. The number of nitrogens with one attached hydrogen (secondary N) is 3. The first kappa shape index (κ1) is 21.0. The van der Waals surface area contributed by atoms with Crippen molar-refractivity contribution in [2.45, 2.75) is 69.7 Å². The van der Waals surface area contributed by atoms with Gasteiger partial charge in [0.15, 0.2) is 5.96 Å². The molecule has 1 aromatic rings. The second-order valence-corrected chi connectivity index (χ2v) is 9.02. The average Bonchev–Trinajstić information content (AvgIpc) is 3.38. The van der Waals surface area contributed by atoms with Crippen molar-refractivity contribution in [2.75, 3.05) is 18.1 Å². The summed E-state index contributed by atoms with van der Waals surface area (Å²) in [5.74, 6) is 1.23. The summed E-state index contributed by atoms with van der Waals surface area (Å²) >= 11 is 1.97. The van der Waals surface area contributed by atoms with Crippen LogP contribution in [0.25, 0.3) is 0 Å². The zero-order valence-electron chi connectivity index (χ0n) is 17.2. The number of benzene rings is 1. The highest BCUT2D eigenvalue weighted by Gasteiger charge is 2.24. The van der Waals surface area contributed by atoms with Gasteiger partial charge in [-0.15, -0.1) is 0 Å². The second kappa shape index (κ2) is 10.7. The second-order valence-electron chi connectivity index (χ2n) is 7.88. The van der Waals surface area contributed by atoms with E-state index in [1.54, 1.807) is 0 Å². The first-order chi connectivity index (χ1) is 13.7. The molecule has 0 saturated heterocycles. The molecule has 0 bridgehead atoms. The molecule has 3 N–H and O–H groups in total. The number of rotatable bonds is 7. The van der Waals surface area contributed by atoms with E-state index in [4.69, 9.17) is 4.99 Å². The van der Waals surface area contributed by atoms with Crippen LogP contribution < -0.4 is 16.0 Å². The minimum Gasteiger partial charge on any atom is -0.357 e. The van der Waals surface area contributed by atoms with Gasteiger partial charge in [0.25, 0.3) is 0 Å². The molecule has 2 atom stereocenters. The molecule has 3 rings (SSSR count). The summed E-state index contributed by atoms with van der Waals surface area (Å²) in [6, 6.07) is 8.57. The lowest BCUT2D eigenvalue weighted by atomic mass is 10.1. The summed E-state index contributed by atoms with van der Waals surface area (Å²) in [7, 11) is 0. The van der Waals surface area contributed by atoms with Gasteiger partial charge in [0.2, 0.25) is 5.91 Å². The van der Waals surface area contributed by atoms with Gasteiger partial charge < -0.3 is 16.0 Å². The third kappa shape index (κ3) is 6.16. The summed E-state index contributed by atoms with van der Waals surface area (Å²) in [6.45, 7) is 3.54. The minimum atomic E-state index is 0.165. The van der Waals surface area contributed by atoms with Crippen LogP contribution >= 0.6 is 11.8 Å². The smallest absolute Gasteiger partial charge is 0.227 e. The van der Waals surface area contributed by atoms with Crippen molar-refractivity contribution in [1.82, 2.24) is 10.6 Å². The topological polar surface area (TPSA) is 65.5 Å². The molecule has 0 radical (unpaired) electrons. The predicted octanol–water partition coefficient (Wildman–Crippen LogP) is 4.15. The summed E-state index contributed by atoms with van der Waals surface area (Å²) in [5, 5.41) is 10.8. The van der Waals surface area contributed by atoms with Crippen LogP contribution in [0.1, 0.15) is 57.4 Å². The Labute approximate surface area is 173 Å². The van der Waals surface area contributed by atoms with Crippen LogP contribution in [-0.4, -0.2) is 36.0 Å². The molecule has 2 aliphatic carbocycles. The number of aliphatic imine (C=N–C) groups is 1. The molecule has 6 heteroatoms. The van der Waals surface area contributed by atoms with Crippen LogP contribution in [0.3, 0.4) is 0 Å². The fourth-order valence-corrected chi connectivity index (χ4v) is 4.95. The Morgan fingerprint density at radius 2 is 2.04 bits per heavy atom. The highest BCUT2D eigenvalue weighted by molar-refractivity contribution is 7.99. The maximum atomic E-state index is 12.4. The quantitative estimate of drug-likeness (QED) is 0.473. The zero-order chi connectivity index (χ0) is 19.8. The van der Waals surface area contributed by atoms with Crippen molar-refractivity contribution in [1.29, 1.82) is 0 Å². The lowest BCUT2D eigenvalue weighted by molar-refractivity contribution is -0.119. The number of anilines is 1. The first-order valence-corrected chi connectivity index (χ1v) is 11.9. The highest BCUT2D eigenvalue weighted by atomic mass is 32.2. The average molecular weight is 403 g/mol. The van der Waals surface area contributed by atoms with Crippen LogP contribution in [0.5, 0.6) is 0 Å². The molecule has 154 valence electrons. The Balaban J connectivity index is 1.56. The summed E-state index contributed by atoms with van der Waals surface area (Å²) in [5.41, 5.74) is 1.98. The van der Waals surface area contributed by atoms with E-state index in [9.17, 15) is 4.79 Å². The molecule has 0 aliphatic heterocycles. The van der Waals surface area contributed by atoms with Gasteiger partial charge in [-0.3, -0.25) is 4.79 Å². The molecule has 0 aromatic heterocycles. The number of guanidine groups is 1. The summed E-state index contributed by atoms with van der Waals surface area (Å²) in [6.07, 6.45) is 10.3. The van der Waals surface area contributed by atoms with Crippen LogP contribution in [0.4, 0.5) is 5.69 Å². The largest absolute Gasteiger partial charge is 0.357 e. The molecule has 5 nitrogen and oxygen atoms in total. The normalized spacial score (nSPS) is 23.0. The first-order valence-electron chi connectivity index (χ1n) is 10.7. The fraction of sp³-hybridized carbons (Fsp3) is 0.636. The van der Waals surface area contributed by atoms with E-state index in [0.29, 0.717) is 12.6 Å². The van der Waals surface area contributed by atoms with E-state index >= 15 is 0 Å². The number of thioether (sulfide) groups is 1. The van der Waals surface area contributed by atoms with Crippen LogP contribution in [0, 0.1) is 5.92 Å². The number of amides is 1. The molecule has 2 aliphatic rings. The SMILES string of the molecule is CCNC(=NCc1cccc(NC(=O)C2CCCC2)c1)NC1CCC(SC)C1. The van der Waals surface area contributed by atoms with Crippen LogP contribution in [0.2, 0.25) is 0 Å². The summed E-state index contributed by atoms with van der Waals surface area (Å²) < 4.78 is 0. The van der Waals surface area contributed by atoms with Gasteiger partial charge >= 0.3 is 0 Å². The van der Waals surface area contributed by atoms with Gasteiger partial charge in [-0.25, -0.2) is 4.99 Å². The van der Waals surface area contributed by atoms with Gasteiger partial charge in [-0.05, 0) is 63.0 Å². The number of hydrogen-bond donors (Lipinski definition) is 3. The molecule has 2 saturated carbocycles. The molecule has 2 unspecified atom stereocenters. The minimum absolute atomic E-state index is 0.165. The highest BCUT2D eigenvalue weighted by Crippen LogP contribution is 2.28. The lowest BCUT2D eigenvalue weighted by Gasteiger charge is -2.17. The Morgan fingerprint density at radius 1 is 1.21 bits per heavy atom. The Bertz CT molecular complexity index is 672. The van der Waals surface area contributed by atoms with E-state index in [2.05, 4.69) is 35.2 Å². The molecule has 1 aromatic carbocycles. The Hall–Kier alpha value is -1.69. The van der Waals surface area contributed by atoms with Crippen molar-refractivity contribution >= 4 is 29.3 Å². The lowest BCUT2D eigenvalue weighted by Crippen LogP contribution is -2.42. The van der Waals surface area contributed by atoms with Gasteiger partial charge in [0.1, 0.15) is 0 Å². The van der Waals surface area contributed by atoms with Gasteiger partial charge in [0.05, 0.1) is 6.54 Å². The molecular weight excluding hydrogens is 368 g/mol. The third-order valence-corrected chi connectivity index (χ3v) is 6.84. The third-order valence-electron chi connectivity index (χ3n) is 5.74. The molecule has 0 spiro atoms. The molecule has 1 amide bonds. The molecule has 2 fully saturated rings. The fourth-order valence-electron chi connectivity index (χ4n) is 4.15. The van der Waals surface area contributed by atoms with Crippen molar-refractivity contribution in [3.63, 3.8) is 0 Å². The van der Waals surface area contributed by atoms with E-state index in [1.165, 1.54) is 32.1 Å². The molecule has 28 heavy (non-hydrogen) atoms. The van der Waals surface area contributed by atoms with Crippen LogP contribution in [-0.2, 0) is 11.3 Å². The number of nitrogens with zero attached hydrogens (tertiary/aromatic N) is 1. The predicted molar refractivity (Wildman–Crippen MR) is 120 cm³/mol. The van der Waals surface area contributed by atoms with Gasteiger partial charge in [-0.2, -0.15) is 11.8 Å². The van der Waals surface area contributed by atoms with Crippen molar-refractivity contribution in [2.24, 2.45) is 10.9 Å². The van der Waals surface area contributed by atoms with Crippen LogP contribution in [0.15, 0.2) is 29.3 Å². The van der Waals surface area contributed by atoms with E-state index in [1.807, 2.05) is 30.0 Å². The zero-order valence-corrected chi connectivity index (χ0v) is 18.0.